The number of likely N-dealkylation sites (tertiary alicyclic amines) is 1. The van der Waals surface area contributed by atoms with Crippen molar-refractivity contribution in [2.24, 2.45) is 0 Å². The summed E-state index contributed by atoms with van der Waals surface area (Å²) in [7, 11) is 0. The van der Waals surface area contributed by atoms with Gasteiger partial charge in [-0.3, -0.25) is 4.79 Å². The number of ether oxygens (including phenoxy) is 1. The molecule has 2 aliphatic rings. The molecule has 1 aromatic carbocycles. The predicted molar refractivity (Wildman–Crippen MR) is 81.0 cm³/mol. The molecule has 6 heteroatoms. The highest BCUT2D eigenvalue weighted by Crippen LogP contribution is 2.17. The first-order chi connectivity index (χ1) is 10.7. The summed E-state index contributed by atoms with van der Waals surface area (Å²) in [5.74, 6) is 0. The molecular formula is C16H22N2O4. The van der Waals surface area contributed by atoms with Crippen LogP contribution in [0, 0.1) is 0 Å². The van der Waals surface area contributed by atoms with Crippen molar-refractivity contribution in [1.82, 2.24) is 10.2 Å². The summed E-state index contributed by atoms with van der Waals surface area (Å²) in [6, 6.07) is 10.1. The van der Waals surface area contributed by atoms with E-state index < -0.39 is 6.10 Å². The number of β-amino-alcohol motifs (C(OH)–C–C–N with tert-alkyl or cyclic N) is 1. The number of carbonyl (C=O) groups excluding carboxylic acids is 2. The van der Waals surface area contributed by atoms with Gasteiger partial charge in [0.2, 0.25) is 6.41 Å². The SMILES string of the molecule is O=C(OCc1ccccc1)N1CCC(O)C1.O=CNC1CC1. The molecule has 1 aliphatic heterocycles. The molecule has 6 nitrogen and oxygen atoms in total. The number of hydrogen-bond donors (Lipinski definition) is 2. The molecule has 0 spiro atoms. The fourth-order valence-corrected chi connectivity index (χ4v) is 2.06. The smallest absolute Gasteiger partial charge is 0.410 e. The lowest BCUT2D eigenvalue weighted by molar-refractivity contribution is -0.109. The molecule has 1 heterocycles. The number of amides is 2. The number of hydrogen-bond acceptors (Lipinski definition) is 4. The van der Waals surface area contributed by atoms with Gasteiger partial charge in [0.05, 0.1) is 6.10 Å². The van der Waals surface area contributed by atoms with Gasteiger partial charge in [0.15, 0.2) is 0 Å². The van der Waals surface area contributed by atoms with E-state index in [1.807, 2.05) is 30.3 Å². The van der Waals surface area contributed by atoms with Crippen LogP contribution in [0.2, 0.25) is 0 Å². The van der Waals surface area contributed by atoms with Crippen LogP contribution in [0.25, 0.3) is 0 Å². The number of rotatable bonds is 4. The van der Waals surface area contributed by atoms with Crippen molar-refractivity contribution in [2.45, 2.75) is 38.0 Å². The minimum absolute atomic E-state index is 0.284. The Morgan fingerprint density at radius 3 is 2.55 bits per heavy atom. The topological polar surface area (TPSA) is 78.9 Å². The first-order valence-corrected chi connectivity index (χ1v) is 7.52. The molecule has 1 unspecified atom stereocenters. The number of benzene rings is 1. The minimum atomic E-state index is -0.399. The maximum atomic E-state index is 11.6. The van der Waals surface area contributed by atoms with Gasteiger partial charge >= 0.3 is 6.09 Å². The minimum Gasteiger partial charge on any atom is -0.445 e. The molecule has 1 aliphatic carbocycles. The standard InChI is InChI=1S/C12H15NO3.C4H7NO/c14-11-6-7-13(8-11)12(15)16-9-10-4-2-1-3-5-10;6-3-5-4-1-2-4/h1-5,11,14H,6-9H2;3-4H,1-2H2,(H,5,6). The maximum Gasteiger partial charge on any atom is 0.410 e. The molecule has 0 aromatic heterocycles. The highest BCUT2D eigenvalue weighted by molar-refractivity contribution is 5.68. The quantitative estimate of drug-likeness (QED) is 0.822. The van der Waals surface area contributed by atoms with Crippen LogP contribution in [0.5, 0.6) is 0 Å². The second-order valence-electron chi connectivity index (χ2n) is 5.49. The van der Waals surface area contributed by atoms with Crippen molar-refractivity contribution < 1.29 is 19.4 Å². The molecular weight excluding hydrogens is 284 g/mol. The third-order valence-corrected chi connectivity index (χ3v) is 3.51. The van der Waals surface area contributed by atoms with Gasteiger partial charge in [0.25, 0.3) is 0 Å². The van der Waals surface area contributed by atoms with Crippen LogP contribution < -0.4 is 5.32 Å². The molecule has 0 radical (unpaired) electrons. The average Bonchev–Trinajstić information content (AvgIpc) is 3.25. The second kappa shape index (κ2) is 8.38. The van der Waals surface area contributed by atoms with E-state index in [0.29, 0.717) is 25.6 Å². The maximum absolute atomic E-state index is 11.6. The van der Waals surface area contributed by atoms with E-state index in [0.717, 1.165) is 12.0 Å². The molecule has 1 aromatic rings. The number of carbonyl (C=O) groups is 2. The van der Waals surface area contributed by atoms with Crippen molar-refractivity contribution >= 4 is 12.5 Å². The van der Waals surface area contributed by atoms with E-state index in [4.69, 9.17) is 4.74 Å². The van der Waals surface area contributed by atoms with Crippen LogP contribution in [-0.2, 0) is 16.1 Å². The molecule has 1 saturated heterocycles. The first kappa shape index (κ1) is 16.3. The van der Waals surface area contributed by atoms with Crippen molar-refractivity contribution in [1.29, 1.82) is 0 Å². The van der Waals surface area contributed by atoms with E-state index in [1.54, 1.807) is 0 Å². The third-order valence-electron chi connectivity index (χ3n) is 3.51. The van der Waals surface area contributed by atoms with E-state index in [2.05, 4.69) is 5.32 Å². The zero-order valence-electron chi connectivity index (χ0n) is 12.5. The summed E-state index contributed by atoms with van der Waals surface area (Å²) in [4.78, 5) is 22.6. The monoisotopic (exact) mass is 306 g/mol. The summed E-state index contributed by atoms with van der Waals surface area (Å²) in [5.41, 5.74) is 0.968. The van der Waals surface area contributed by atoms with Gasteiger partial charge in [-0.2, -0.15) is 0 Å². The normalized spacial score (nSPS) is 19.9. The molecule has 0 bridgehead atoms. The van der Waals surface area contributed by atoms with Gasteiger partial charge in [0, 0.05) is 19.1 Å². The fourth-order valence-electron chi connectivity index (χ4n) is 2.06. The van der Waals surface area contributed by atoms with Crippen molar-refractivity contribution in [3.63, 3.8) is 0 Å². The molecule has 22 heavy (non-hydrogen) atoms. The van der Waals surface area contributed by atoms with Gasteiger partial charge < -0.3 is 20.1 Å². The Labute approximate surface area is 130 Å². The zero-order valence-corrected chi connectivity index (χ0v) is 12.5. The molecule has 2 N–H and O–H groups in total. The van der Waals surface area contributed by atoms with Gasteiger partial charge in [-0.15, -0.1) is 0 Å². The Morgan fingerprint density at radius 2 is 2.05 bits per heavy atom. The fraction of sp³-hybridized carbons (Fsp3) is 0.500. The number of aliphatic hydroxyl groups excluding tert-OH is 1. The highest BCUT2D eigenvalue weighted by atomic mass is 16.6. The lowest BCUT2D eigenvalue weighted by Crippen LogP contribution is -2.30. The van der Waals surface area contributed by atoms with Crippen molar-refractivity contribution in [2.75, 3.05) is 13.1 Å². The molecule has 1 saturated carbocycles. The summed E-state index contributed by atoms with van der Waals surface area (Å²) in [5, 5.41) is 11.9. The predicted octanol–water partition coefficient (Wildman–Crippen LogP) is 1.28. The Morgan fingerprint density at radius 1 is 1.32 bits per heavy atom. The Bertz CT molecular complexity index is 476. The second-order valence-corrected chi connectivity index (χ2v) is 5.49. The largest absolute Gasteiger partial charge is 0.445 e. The Balaban J connectivity index is 0.000000246. The lowest BCUT2D eigenvalue weighted by atomic mass is 10.2. The van der Waals surface area contributed by atoms with E-state index in [1.165, 1.54) is 17.7 Å². The van der Waals surface area contributed by atoms with Gasteiger partial charge in [-0.25, -0.2) is 4.79 Å². The number of aliphatic hydroxyl groups is 1. The highest BCUT2D eigenvalue weighted by Gasteiger charge is 2.25. The van der Waals surface area contributed by atoms with Crippen LogP contribution in [0.4, 0.5) is 4.79 Å². The zero-order chi connectivity index (χ0) is 15.8. The Hall–Kier alpha value is -2.08. The Kier molecular flexibility index (Phi) is 6.21. The molecule has 3 rings (SSSR count). The molecule has 2 amide bonds. The van der Waals surface area contributed by atoms with E-state index in [-0.39, 0.29) is 12.7 Å². The number of nitrogens with zero attached hydrogens (tertiary/aromatic N) is 1. The van der Waals surface area contributed by atoms with E-state index >= 15 is 0 Å². The van der Waals surface area contributed by atoms with Gasteiger partial charge in [0.1, 0.15) is 6.61 Å². The summed E-state index contributed by atoms with van der Waals surface area (Å²) in [6.07, 6.45) is 3.01. The van der Waals surface area contributed by atoms with Gasteiger partial charge in [-0.05, 0) is 24.8 Å². The van der Waals surface area contributed by atoms with Crippen molar-refractivity contribution in [3.8, 4) is 0 Å². The van der Waals surface area contributed by atoms with Crippen LogP contribution in [-0.4, -0.2) is 47.7 Å². The summed E-state index contributed by atoms with van der Waals surface area (Å²) < 4.78 is 5.14. The molecule has 1 atom stereocenters. The molecule has 2 fully saturated rings. The summed E-state index contributed by atoms with van der Waals surface area (Å²) >= 11 is 0. The van der Waals surface area contributed by atoms with Crippen LogP contribution >= 0.6 is 0 Å². The summed E-state index contributed by atoms with van der Waals surface area (Å²) in [6.45, 7) is 1.24. The first-order valence-electron chi connectivity index (χ1n) is 7.52. The number of nitrogens with one attached hydrogen (secondary N) is 1. The average molecular weight is 306 g/mol. The van der Waals surface area contributed by atoms with Crippen LogP contribution in [0.3, 0.4) is 0 Å². The van der Waals surface area contributed by atoms with Gasteiger partial charge in [-0.1, -0.05) is 30.3 Å². The van der Waals surface area contributed by atoms with Crippen LogP contribution in [0.1, 0.15) is 24.8 Å². The van der Waals surface area contributed by atoms with E-state index in [9.17, 15) is 14.7 Å². The van der Waals surface area contributed by atoms with Crippen LogP contribution in [0.15, 0.2) is 30.3 Å². The third kappa shape index (κ3) is 5.73. The lowest BCUT2D eigenvalue weighted by Gasteiger charge is -2.15. The molecule has 120 valence electrons. The van der Waals surface area contributed by atoms with Crippen molar-refractivity contribution in [3.05, 3.63) is 35.9 Å².